The molecule has 80 valence electrons. The Balaban J connectivity index is 2.19. The van der Waals surface area contributed by atoms with Gasteiger partial charge >= 0.3 is 0 Å². The molecule has 0 aromatic carbocycles. The van der Waals surface area contributed by atoms with Gasteiger partial charge in [-0.2, -0.15) is 0 Å². The number of nitrogens with zero attached hydrogens (tertiary/aromatic N) is 2. The molecule has 0 radical (unpaired) electrons. The van der Waals surface area contributed by atoms with Crippen LogP contribution in [0.2, 0.25) is 0 Å². The normalized spacial score (nSPS) is 10.1. The second kappa shape index (κ2) is 4.99. The first-order chi connectivity index (χ1) is 7.77. The molecule has 0 amide bonds. The molecule has 0 bridgehead atoms. The van der Waals surface area contributed by atoms with Crippen molar-refractivity contribution < 1.29 is 4.79 Å². The summed E-state index contributed by atoms with van der Waals surface area (Å²) >= 11 is 3.31. The van der Waals surface area contributed by atoms with E-state index in [0.717, 1.165) is 10.0 Å². The molecule has 0 aliphatic rings. The molecule has 3 nitrogen and oxygen atoms in total. The van der Waals surface area contributed by atoms with Crippen molar-refractivity contribution in [3.63, 3.8) is 0 Å². The van der Waals surface area contributed by atoms with Gasteiger partial charge in [0.2, 0.25) is 0 Å². The molecule has 2 aromatic heterocycles. The molecule has 0 unspecified atom stereocenters. The third kappa shape index (κ3) is 2.52. The highest BCUT2D eigenvalue weighted by Crippen LogP contribution is 2.15. The summed E-state index contributed by atoms with van der Waals surface area (Å²) in [7, 11) is 0. The molecule has 0 aliphatic heterocycles. The first kappa shape index (κ1) is 11.0. The van der Waals surface area contributed by atoms with E-state index in [1.165, 1.54) is 0 Å². The van der Waals surface area contributed by atoms with Crippen LogP contribution in [0.3, 0.4) is 0 Å². The van der Waals surface area contributed by atoms with Crippen molar-refractivity contribution in [2.75, 3.05) is 0 Å². The maximum absolute atomic E-state index is 11.9. The van der Waals surface area contributed by atoms with Crippen molar-refractivity contribution in [3.05, 3.63) is 58.6 Å². The molecular weight excluding hydrogens is 268 g/mol. The number of pyridine rings is 2. The Labute approximate surface area is 102 Å². The number of Topliss-reactive ketones (excluding diaryl/α,β-unsaturated/α-hetero) is 1. The van der Waals surface area contributed by atoms with Gasteiger partial charge in [0.05, 0.1) is 0 Å². The number of ketones is 1. The van der Waals surface area contributed by atoms with Crippen LogP contribution in [0.1, 0.15) is 16.1 Å². The summed E-state index contributed by atoms with van der Waals surface area (Å²) in [6.45, 7) is 0. The lowest BCUT2D eigenvalue weighted by atomic mass is 10.1. The summed E-state index contributed by atoms with van der Waals surface area (Å²) in [6.07, 6.45) is 5.31. The lowest BCUT2D eigenvalue weighted by molar-refractivity contribution is 0.0987. The largest absolute Gasteiger partial charge is 0.292 e. The highest BCUT2D eigenvalue weighted by Gasteiger charge is 2.11. The molecular formula is C12H9BrN2O. The van der Waals surface area contributed by atoms with E-state index >= 15 is 0 Å². The quantitative estimate of drug-likeness (QED) is 0.810. The molecule has 0 fully saturated rings. The number of halogens is 1. The van der Waals surface area contributed by atoms with Gasteiger partial charge in [0, 0.05) is 29.5 Å². The molecule has 0 saturated carbocycles. The number of carbonyl (C=O) groups excluding carboxylic acids is 1. The highest BCUT2D eigenvalue weighted by molar-refractivity contribution is 9.10. The van der Waals surface area contributed by atoms with E-state index in [1.54, 1.807) is 24.7 Å². The number of aromatic nitrogens is 2. The van der Waals surface area contributed by atoms with Crippen LogP contribution in [0.15, 0.2) is 47.3 Å². The minimum atomic E-state index is -0.00123. The lowest BCUT2D eigenvalue weighted by Gasteiger charge is -2.02. The van der Waals surface area contributed by atoms with Crippen LogP contribution in [0.5, 0.6) is 0 Å². The standard InChI is InChI=1S/C12H9BrN2O/c13-10-2-1-5-15-12(10)11(16)8-9-3-6-14-7-4-9/h1-7H,8H2. The predicted molar refractivity (Wildman–Crippen MR) is 64.2 cm³/mol. The van der Waals surface area contributed by atoms with Crippen molar-refractivity contribution in [2.45, 2.75) is 6.42 Å². The van der Waals surface area contributed by atoms with E-state index in [9.17, 15) is 4.79 Å². The molecule has 2 heterocycles. The van der Waals surface area contributed by atoms with Crippen LogP contribution in [-0.4, -0.2) is 15.8 Å². The Morgan fingerprint density at radius 1 is 1.19 bits per heavy atom. The van der Waals surface area contributed by atoms with E-state index < -0.39 is 0 Å². The Kier molecular flexibility index (Phi) is 3.41. The molecule has 0 spiro atoms. The lowest BCUT2D eigenvalue weighted by Crippen LogP contribution is -2.06. The van der Waals surface area contributed by atoms with Gasteiger partial charge in [-0.3, -0.25) is 14.8 Å². The topological polar surface area (TPSA) is 42.9 Å². The second-order valence-electron chi connectivity index (χ2n) is 3.29. The van der Waals surface area contributed by atoms with Gasteiger partial charge in [-0.05, 0) is 45.8 Å². The zero-order valence-corrected chi connectivity index (χ0v) is 10.0. The maximum atomic E-state index is 11.9. The van der Waals surface area contributed by atoms with Gasteiger partial charge in [0.1, 0.15) is 5.69 Å². The fourth-order valence-corrected chi connectivity index (χ4v) is 1.84. The molecule has 2 aromatic rings. The molecule has 0 atom stereocenters. The fraction of sp³-hybridized carbons (Fsp3) is 0.0833. The minimum Gasteiger partial charge on any atom is -0.292 e. The number of hydrogen-bond acceptors (Lipinski definition) is 3. The summed E-state index contributed by atoms with van der Waals surface area (Å²) in [6, 6.07) is 7.25. The Bertz CT molecular complexity index is 499. The molecule has 2 rings (SSSR count). The summed E-state index contributed by atoms with van der Waals surface area (Å²) in [5.41, 5.74) is 1.41. The van der Waals surface area contributed by atoms with Crippen molar-refractivity contribution in [1.29, 1.82) is 0 Å². The van der Waals surface area contributed by atoms with Crippen LogP contribution in [0, 0.1) is 0 Å². The Hall–Kier alpha value is -1.55. The van der Waals surface area contributed by atoms with Crippen molar-refractivity contribution >= 4 is 21.7 Å². The van der Waals surface area contributed by atoms with Gasteiger partial charge < -0.3 is 0 Å². The van der Waals surface area contributed by atoms with Crippen LogP contribution >= 0.6 is 15.9 Å². The highest BCUT2D eigenvalue weighted by atomic mass is 79.9. The van der Waals surface area contributed by atoms with E-state index in [1.807, 2.05) is 18.2 Å². The van der Waals surface area contributed by atoms with Gasteiger partial charge in [-0.25, -0.2) is 0 Å². The molecule has 4 heteroatoms. The molecule has 16 heavy (non-hydrogen) atoms. The van der Waals surface area contributed by atoms with Crippen LogP contribution in [0.4, 0.5) is 0 Å². The first-order valence-electron chi connectivity index (χ1n) is 4.80. The zero-order valence-electron chi connectivity index (χ0n) is 8.43. The molecule has 0 aliphatic carbocycles. The molecule has 0 N–H and O–H groups in total. The van der Waals surface area contributed by atoms with Crippen molar-refractivity contribution in [1.82, 2.24) is 9.97 Å². The third-order valence-electron chi connectivity index (χ3n) is 2.14. The summed E-state index contributed by atoms with van der Waals surface area (Å²) < 4.78 is 0.731. The van der Waals surface area contributed by atoms with Gasteiger partial charge in [-0.15, -0.1) is 0 Å². The Morgan fingerprint density at radius 3 is 2.62 bits per heavy atom. The first-order valence-corrected chi connectivity index (χ1v) is 5.59. The summed E-state index contributed by atoms with van der Waals surface area (Å²) in [5.74, 6) is -0.00123. The second-order valence-corrected chi connectivity index (χ2v) is 4.14. The van der Waals surface area contributed by atoms with Gasteiger partial charge in [0.15, 0.2) is 5.78 Å². The SMILES string of the molecule is O=C(Cc1ccncc1)c1ncccc1Br. The zero-order chi connectivity index (χ0) is 11.4. The monoisotopic (exact) mass is 276 g/mol. The van der Waals surface area contributed by atoms with Crippen LogP contribution in [-0.2, 0) is 6.42 Å². The maximum Gasteiger partial charge on any atom is 0.186 e. The van der Waals surface area contributed by atoms with Gasteiger partial charge in [0.25, 0.3) is 0 Å². The molecule has 0 saturated heterocycles. The van der Waals surface area contributed by atoms with Crippen molar-refractivity contribution in [2.24, 2.45) is 0 Å². The van der Waals surface area contributed by atoms with Crippen molar-refractivity contribution in [3.8, 4) is 0 Å². The number of rotatable bonds is 3. The third-order valence-corrected chi connectivity index (χ3v) is 2.78. The summed E-state index contributed by atoms with van der Waals surface area (Å²) in [4.78, 5) is 19.9. The predicted octanol–water partition coefficient (Wildman–Crippen LogP) is 2.66. The van der Waals surface area contributed by atoms with E-state index in [-0.39, 0.29) is 5.78 Å². The number of carbonyl (C=O) groups is 1. The summed E-state index contributed by atoms with van der Waals surface area (Å²) in [5, 5.41) is 0. The minimum absolute atomic E-state index is 0.00123. The van der Waals surface area contributed by atoms with E-state index in [4.69, 9.17) is 0 Å². The van der Waals surface area contributed by atoms with E-state index in [2.05, 4.69) is 25.9 Å². The fourth-order valence-electron chi connectivity index (χ4n) is 1.36. The van der Waals surface area contributed by atoms with Crippen LogP contribution < -0.4 is 0 Å². The average molecular weight is 277 g/mol. The number of hydrogen-bond donors (Lipinski definition) is 0. The van der Waals surface area contributed by atoms with Gasteiger partial charge in [-0.1, -0.05) is 0 Å². The smallest absolute Gasteiger partial charge is 0.186 e. The average Bonchev–Trinajstić information content (AvgIpc) is 2.31. The van der Waals surface area contributed by atoms with Crippen LogP contribution in [0.25, 0.3) is 0 Å². The van der Waals surface area contributed by atoms with E-state index in [0.29, 0.717) is 12.1 Å². The Morgan fingerprint density at radius 2 is 1.94 bits per heavy atom.